The van der Waals surface area contributed by atoms with Gasteiger partial charge in [0.15, 0.2) is 0 Å². The molecule has 0 bridgehead atoms. The molecule has 640 valence electrons. The number of aldehydes is 1. The van der Waals surface area contributed by atoms with Crippen molar-refractivity contribution < 1.29 is 92.0 Å². The number of aliphatic hydroxyl groups is 1. The van der Waals surface area contributed by atoms with Crippen LogP contribution in [-0.4, -0.2) is 221 Å². The molecule has 0 saturated heterocycles. The highest BCUT2D eigenvalue weighted by Crippen LogP contribution is 2.23. The van der Waals surface area contributed by atoms with E-state index in [9.17, 15) is 92.0 Å². The first-order valence-electron chi connectivity index (χ1n) is 38.9. The Bertz CT molecular complexity index is 4500. The molecule has 0 saturated carbocycles. The van der Waals surface area contributed by atoms with Crippen LogP contribution in [0.1, 0.15) is 136 Å². The van der Waals surface area contributed by atoms with Crippen molar-refractivity contribution in [1.82, 2.24) is 89.1 Å². The van der Waals surface area contributed by atoms with Crippen molar-refractivity contribution in [2.75, 3.05) is 6.54 Å². The third kappa shape index (κ3) is 29.4. The summed E-state index contributed by atoms with van der Waals surface area (Å²) in [7, 11) is 0. The lowest BCUT2D eigenvalue weighted by Crippen LogP contribution is -2.61. The zero-order valence-electron chi connectivity index (χ0n) is 67.6. The van der Waals surface area contributed by atoms with Gasteiger partial charge in [-0.05, 0) is 85.3 Å². The van der Waals surface area contributed by atoms with Gasteiger partial charge in [0.2, 0.25) is 76.8 Å². The van der Waals surface area contributed by atoms with Crippen LogP contribution in [-0.2, 0) is 109 Å². The number of nitrogens with two attached hydrogens (primary N) is 2. The molecule has 6 rings (SSSR count). The van der Waals surface area contributed by atoms with Crippen LogP contribution in [0.2, 0.25) is 0 Å². The summed E-state index contributed by atoms with van der Waals surface area (Å²) in [6, 6.07) is 2.66. The Balaban J connectivity index is 1.18. The van der Waals surface area contributed by atoms with Crippen molar-refractivity contribution >= 4 is 117 Å². The number of nitrogens with one attached hydrogen (secondary N) is 16. The van der Waals surface area contributed by atoms with Gasteiger partial charge >= 0.3 is 11.9 Å². The van der Waals surface area contributed by atoms with E-state index in [-0.39, 0.29) is 68.6 Å². The first-order valence-corrected chi connectivity index (χ1v) is 38.9. The molecule has 0 aliphatic heterocycles. The summed E-state index contributed by atoms with van der Waals surface area (Å²) >= 11 is 0. The van der Waals surface area contributed by atoms with Gasteiger partial charge < -0.3 is 116 Å². The third-order valence-electron chi connectivity index (χ3n) is 19.1. The number of aromatic nitrogens is 4. The SMILES string of the molecule is CC(C)C[C@H](NC(=O)[C@H](Cc1c[nH]cn1)NC(=O)[C@H](Cc1c[nH]c2ccccc12)NC(=O)[C@H](C)NC(=O)[C@H](CC=O)NC(=O)[C@H](CC(=O)O)NC(C)C)C(=O)NCC(=O)N[C@@H](CCC(=O)O)C(=O)N[C@@H](CC(C)C)C(=O)N[C@H](C(=O)N[C@@H](Cc1c[nH]c2ccccc12)C(=O)N[C@@H](Cc1ccccc1CN)C(=O)N[C@H](C(N)=O)[C@@H](C)O)C(C)C. The van der Waals surface area contributed by atoms with E-state index >= 15 is 0 Å². The number of nitrogens with zero attached hydrogens (tertiary/aromatic N) is 1. The molecule has 3 aromatic heterocycles. The normalized spacial score (nSPS) is 14.7. The summed E-state index contributed by atoms with van der Waals surface area (Å²) < 4.78 is 0. The predicted octanol–water partition coefficient (Wildman–Crippen LogP) is -1.52. The van der Waals surface area contributed by atoms with Gasteiger partial charge in [-0.2, -0.15) is 0 Å². The van der Waals surface area contributed by atoms with Gasteiger partial charge in [0.1, 0.15) is 72.7 Å². The van der Waals surface area contributed by atoms with Crippen molar-refractivity contribution in [3.05, 3.63) is 126 Å². The van der Waals surface area contributed by atoms with E-state index in [0.29, 0.717) is 50.3 Å². The number of carbonyl (C=O) groups is 16. The fraction of sp³-hybridized carbons (Fsp3) is 0.487. The minimum absolute atomic E-state index is 0.0443. The first kappa shape index (κ1) is 94.4. The number of amides is 13. The van der Waals surface area contributed by atoms with Crippen LogP contribution < -0.4 is 80.6 Å². The summed E-state index contributed by atoms with van der Waals surface area (Å²) in [5, 5.41) is 64.6. The Morgan fingerprint density at radius 3 is 1.38 bits per heavy atom. The average Bonchev–Trinajstić information content (AvgIpc) is 1.63. The van der Waals surface area contributed by atoms with E-state index in [1.54, 1.807) is 141 Å². The molecule has 13 atom stereocenters. The number of benzene rings is 3. The van der Waals surface area contributed by atoms with Crippen LogP contribution in [0.3, 0.4) is 0 Å². The Morgan fingerprint density at radius 1 is 0.458 bits per heavy atom. The van der Waals surface area contributed by atoms with Crippen molar-refractivity contribution in [1.29, 1.82) is 0 Å². The van der Waals surface area contributed by atoms with Crippen LogP contribution in [0.25, 0.3) is 21.8 Å². The number of H-pyrrole nitrogens is 3. The number of aliphatic carboxylic acids is 2. The highest BCUT2D eigenvalue weighted by molar-refractivity contribution is 6.01. The molecule has 0 spiro atoms. The third-order valence-corrected chi connectivity index (χ3v) is 19.1. The minimum Gasteiger partial charge on any atom is -0.481 e. The number of primary amides is 1. The molecular weight excluding hydrogens is 1530 g/mol. The van der Waals surface area contributed by atoms with Gasteiger partial charge in [-0.3, -0.25) is 71.9 Å². The molecule has 23 N–H and O–H groups in total. The molecular formula is C80H111N19O19. The number of hydrogen-bond donors (Lipinski definition) is 21. The largest absolute Gasteiger partial charge is 0.481 e. The maximum absolute atomic E-state index is 14.9. The highest BCUT2D eigenvalue weighted by Gasteiger charge is 2.39. The molecule has 3 heterocycles. The van der Waals surface area contributed by atoms with E-state index in [2.05, 4.69) is 89.1 Å². The van der Waals surface area contributed by atoms with Gasteiger partial charge in [0.05, 0.1) is 37.1 Å². The van der Waals surface area contributed by atoms with Gasteiger partial charge in [0.25, 0.3) is 0 Å². The van der Waals surface area contributed by atoms with E-state index in [1.807, 2.05) is 0 Å². The van der Waals surface area contributed by atoms with Crippen LogP contribution in [0.15, 0.2) is 97.7 Å². The molecule has 0 aliphatic rings. The van der Waals surface area contributed by atoms with E-state index in [4.69, 9.17) is 11.5 Å². The number of carboxylic acid groups (broad SMARTS) is 2. The maximum Gasteiger partial charge on any atom is 0.305 e. The first-order chi connectivity index (χ1) is 55.9. The lowest BCUT2D eigenvalue weighted by atomic mass is 9.97. The lowest BCUT2D eigenvalue weighted by molar-refractivity contribution is -0.140. The molecule has 38 heteroatoms. The number of fused-ring (bicyclic) bond motifs is 2. The number of aromatic amines is 3. The number of rotatable bonds is 49. The molecule has 0 aliphatic carbocycles. The molecule has 3 aromatic carbocycles. The Kier molecular flexibility index (Phi) is 36.6. The standard InChI is InChI=1S/C80H111N19O19/c1-40(2)27-57(93-76(114)62(32-50-37-83-39-87-50)96-74(112)60(30-48-35-84-53-21-15-13-19-51(48)53)92-70(108)44(9)89-72(110)56(25-26-100)91-77(115)63(33-66(105)106)88-43(7)8)71(109)86-38-64(102)90-55(23-24-65(103)104)73(111)94-58(28-41(3)4)78(116)98-67(42(5)6)80(118)97-61(31-49-36-85-54-22-16-14-20-52(49)54)75(113)95-59(29-46-17-11-12-18-47(46)34-81)79(117)99-68(45(10)101)69(82)107/h11-22,26,35-37,39-45,55-63,67-68,84-85,88,101H,23-25,27-34,38,81H2,1-10H3,(H2,82,107)(H,83,87)(H,86,109)(H,89,110)(H,90,102)(H,91,115)(H,92,108)(H,93,114)(H,94,111)(H,95,113)(H,96,112)(H,97,118)(H,98,116)(H,99,117)(H,103,104)(H,105,106)/t44-,45+,55-,56-,57-,58-,59-,60-,61-,62-,63-,67-,68-/m0/s1. The predicted molar refractivity (Wildman–Crippen MR) is 431 cm³/mol. The van der Waals surface area contributed by atoms with Crippen molar-refractivity contribution in [2.45, 2.75) is 225 Å². The second kappa shape index (κ2) is 45.7. The van der Waals surface area contributed by atoms with Crippen LogP contribution in [0.5, 0.6) is 0 Å². The Labute approximate surface area is 681 Å². The number of carboxylic acids is 2. The summed E-state index contributed by atoms with van der Waals surface area (Å²) in [4.78, 5) is 233. The summed E-state index contributed by atoms with van der Waals surface area (Å²) in [6.45, 7) is 15.1. The second-order valence-corrected chi connectivity index (χ2v) is 30.5. The van der Waals surface area contributed by atoms with Gasteiger partial charge in [0, 0.05) is 91.5 Å². The van der Waals surface area contributed by atoms with Crippen LogP contribution >= 0.6 is 0 Å². The fourth-order valence-electron chi connectivity index (χ4n) is 13.0. The quantitative estimate of drug-likeness (QED) is 0.0193. The molecule has 6 aromatic rings. The zero-order valence-corrected chi connectivity index (χ0v) is 67.6. The molecule has 38 nitrogen and oxygen atoms in total. The smallest absolute Gasteiger partial charge is 0.305 e. The highest BCUT2D eigenvalue weighted by atomic mass is 16.4. The monoisotopic (exact) mass is 1640 g/mol. The maximum atomic E-state index is 14.9. The number of imidazole rings is 1. The van der Waals surface area contributed by atoms with Crippen molar-refractivity contribution in [3.63, 3.8) is 0 Å². The van der Waals surface area contributed by atoms with E-state index < -0.39 is 205 Å². The fourth-order valence-corrected chi connectivity index (χ4v) is 13.0. The van der Waals surface area contributed by atoms with E-state index in [0.717, 1.165) is 0 Å². The molecule has 0 fully saturated rings. The lowest BCUT2D eigenvalue weighted by Gasteiger charge is -2.29. The summed E-state index contributed by atoms with van der Waals surface area (Å²) in [5.41, 5.74) is 15.5. The molecule has 118 heavy (non-hydrogen) atoms. The number of carbonyl (C=O) groups excluding carboxylic acids is 14. The van der Waals surface area contributed by atoms with E-state index in [1.165, 1.54) is 26.4 Å². The summed E-state index contributed by atoms with van der Waals surface area (Å²) in [5.74, 6) is -16.5. The van der Waals surface area contributed by atoms with Gasteiger partial charge in [-0.25, -0.2) is 4.98 Å². The van der Waals surface area contributed by atoms with Crippen molar-refractivity contribution in [3.8, 4) is 0 Å². The number of aliphatic hydroxyl groups excluding tert-OH is 1. The number of hydrogen-bond acceptors (Lipinski definition) is 20. The second-order valence-electron chi connectivity index (χ2n) is 30.5. The van der Waals surface area contributed by atoms with Gasteiger partial charge in [-0.1, -0.05) is 116 Å². The summed E-state index contributed by atoms with van der Waals surface area (Å²) in [6.07, 6.45) is 1.37. The average molecular weight is 1640 g/mol. The topological polar surface area (TPSA) is 602 Å². The zero-order chi connectivity index (χ0) is 87.2. The minimum atomic E-state index is -1.68. The van der Waals surface area contributed by atoms with Crippen molar-refractivity contribution in [2.24, 2.45) is 29.2 Å². The van der Waals surface area contributed by atoms with Gasteiger partial charge in [-0.15, -0.1) is 0 Å². The molecule has 13 amide bonds. The molecule has 0 radical (unpaired) electrons. The molecule has 0 unspecified atom stereocenters. The Hall–Kier alpha value is -12.5. The van der Waals surface area contributed by atoms with Crippen LogP contribution in [0, 0.1) is 17.8 Å². The Morgan fingerprint density at radius 2 is 0.898 bits per heavy atom. The van der Waals surface area contributed by atoms with Crippen LogP contribution in [0.4, 0.5) is 0 Å². The number of para-hydroxylation sites is 2.